The van der Waals surface area contributed by atoms with Gasteiger partial charge in [0.25, 0.3) is 0 Å². The lowest BCUT2D eigenvalue weighted by atomic mass is 10.2. The maximum Gasteiger partial charge on any atom is 0.200 e. The Morgan fingerprint density at radius 3 is 2.78 bits per heavy atom. The van der Waals surface area contributed by atoms with Crippen LogP contribution in [-0.2, 0) is 0 Å². The third-order valence-corrected chi connectivity index (χ3v) is 3.51. The van der Waals surface area contributed by atoms with E-state index in [4.69, 9.17) is 5.73 Å². The first-order valence-corrected chi connectivity index (χ1v) is 6.70. The number of nitrogens with zero attached hydrogens (tertiary/aromatic N) is 3. The average molecular weight is 259 g/mol. The van der Waals surface area contributed by atoms with Crippen molar-refractivity contribution in [3.8, 4) is 11.4 Å². The van der Waals surface area contributed by atoms with Gasteiger partial charge in [-0.05, 0) is 5.75 Å². The van der Waals surface area contributed by atoms with Gasteiger partial charge in [-0.15, -0.1) is 16.9 Å². The van der Waals surface area contributed by atoms with E-state index in [1.54, 1.807) is 16.4 Å². The molecule has 0 amide bonds. The second-order valence-corrected chi connectivity index (χ2v) is 5.10. The fourth-order valence-corrected chi connectivity index (χ4v) is 2.47. The first-order valence-electron chi connectivity index (χ1n) is 5.72. The number of fused-ring (bicyclic) bond motifs is 1. The summed E-state index contributed by atoms with van der Waals surface area (Å²) in [5, 5.41) is 8.46. The first kappa shape index (κ1) is 11.2. The molecular weight excluding hydrogens is 246 g/mol. The number of hydrogen-bond acceptors (Lipinski definition) is 4. The van der Waals surface area contributed by atoms with Gasteiger partial charge in [-0.2, -0.15) is 4.63 Å². The molecule has 0 aliphatic heterocycles. The lowest BCUT2D eigenvalue weighted by Gasteiger charge is -1.95. The standard InChI is InChI=1S/C12H13N5S/c1-2-18-12-9(13)11-14-10(15-17(11)16-12)8-6-4-3-5-7-8/h3-7,16H,2,13H2,1H3. The second-order valence-electron chi connectivity index (χ2n) is 3.82. The number of nitrogens with one attached hydrogen (secondary N) is 1. The van der Waals surface area contributed by atoms with Crippen LogP contribution in [0.15, 0.2) is 35.4 Å². The summed E-state index contributed by atoms with van der Waals surface area (Å²) < 4.78 is 1.63. The maximum atomic E-state index is 6.04. The van der Waals surface area contributed by atoms with Gasteiger partial charge in [-0.3, -0.25) is 5.10 Å². The maximum absolute atomic E-state index is 6.04. The van der Waals surface area contributed by atoms with Crippen molar-refractivity contribution in [3.05, 3.63) is 30.3 Å². The highest BCUT2D eigenvalue weighted by Crippen LogP contribution is 2.27. The van der Waals surface area contributed by atoms with Gasteiger partial charge in [-0.25, -0.2) is 4.98 Å². The van der Waals surface area contributed by atoms with E-state index >= 15 is 0 Å². The largest absolute Gasteiger partial charge is 0.393 e. The minimum Gasteiger partial charge on any atom is -0.393 e. The van der Waals surface area contributed by atoms with Crippen molar-refractivity contribution < 1.29 is 0 Å². The Hall–Kier alpha value is -1.95. The Balaban J connectivity index is 2.08. The van der Waals surface area contributed by atoms with Crippen molar-refractivity contribution >= 4 is 23.1 Å². The molecule has 18 heavy (non-hydrogen) atoms. The molecule has 1 aromatic carbocycles. The van der Waals surface area contributed by atoms with Gasteiger partial charge in [-0.1, -0.05) is 37.3 Å². The molecule has 0 bridgehead atoms. The van der Waals surface area contributed by atoms with Crippen LogP contribution >= 0.6 is 11.8 Å². The SMILES string of the molecule is CCSc1[nH]n2nc(-c3ccccc3)nc2c1N. The van der Waals surface area contributed by atoms with E-state index in [1.807, 2.05) is 30.3 Å². The average Bonchev–Trinajstić information content (AvgIpc) is 2.93. The number of aromatic amines is 1. The summed E-state index contributed by atoms with van der Waals surface area (Å²) in [6.45, 7) is 2.08. The summed E-state index contributed by atoms with van der Waals surface area (Å²) in [5.74, 6) is 1.64. The highest BCUT2D eigenvalue weighted by molar-refractivity contribution is 7.99. The van der Waals surface area contributed by atoms with E-state index in [2.05, 4.69) is 22.1 Å². The smallest absolute Gasteiger partial charge is 0.200 e. The Labute approximate surface area is 108 Å². The zero-order valence-corrected chi connectivity index (χ0v) is 10.7. The van der Waals surface area contributed by atoms with Crippen LogP contribution in [0.3, 0.4) is 0 Å². The lowest BCUT2D eigenvalue weighted by Crippen LogP contribution is -1.88. The summed E-state index contributed by atoms with van der Waals surface area (Å²) in [4.78, 5) is 4.47. The first-order chi connectivity index (χ1) is 8.79. The van der Waals surface area contributed by atoms with Crippen LogP contribution in [0.5, 0.6) is 0 Å². The summed E-state index contributed by atoms with van der Waals surface area (Å²) in [6.07, 6.45) is 0. The molecule has 92 valence electrons. The van der Waals surface area contributed by atoms with Crippen molar-refractivity contribution in [2.45, 2.75) is 11.9 Å². The quantitative estimate of drug-likeness (QED) is 0.708. The van der Waals surface area contributed by atoms with Crippen LogP contribution in [0.2, 0.25) is 0 Å². The van der Waals surface area contributed by atoms with Crippen LogP contribution in [0, 0.1) is 0 Å². The van der Waals surface area contributed by atoms with Gasteiger partial charge in [0, 0.05) is 5.56 Å². The molecule has 0 unspecified atom stereocenters. The fraction of sp³-hybridized carbons (Fsp3) is 0.167. The van der Waals surface area contributed by atoms with Crippen molar-refractivity contribution in [1.82, 2.24) is 19.8 Å². The molecule has 3 N–H and O–H groups in total. The van der Waals surface area contributed by atoms with Gasteiger partial charge < -0.3 is 5.73 Å². The van der Waals surface area contributed by atoms with Gasteiger partial charge in [0.2, 0.25) is 0 Å². The van der Waals surface area contributed by atoms with E-state index in [0.717, 1.165) is 16.3 Å². The number of nitrogen functional groups attached to an aromatic ring is 1. The molecule has 3 aromatic rings. The van der Waals surface area contributed by atoms with E-state index in [0.29, 0.717) is 17.2 Å². The van der Waals surface area contributed by atoms with Crippen LogP contribution in [0.4, 0.5) is 5.69 Å². The molecule has 0 aliphatic carbocycles. The third-order valence-electron chi connectivity index (χ3n) is 2.62. The number of aromatic nitrogens is 4. The molecule has 0 saturated carbocycles. The van der Waals surface area contributed by atoms with Crippen molar-refractivity contribution in [3.63, 3.8) is 0 Å². The fourth-order valence-electron chi connectivity index (χ4n) is 1.79. The van der Waals surface area contributed by atoms with Crippen LogP contribution < -0.4 is 5.73 Å². The van der Waals surface area contributed by atoms with Gasteiger partial charge >= 0.3 is 0 Å². The number of H-pyrrole nitrogens is 1. The molecular formula is C12H13N5S. The number of hydrogen-bond donors (Lipinski definition) is 2. The van der Waals surface area contributed by atoms with E-state index in [1.165, 1.54) is 0 Å². The molecule has 3 rings (SSSR count). The van der Waals surface area contributed by atoms with Crippen molar-refractivity contribution in [2.24, 2.45) is 0 Å². The minimum absolute atomic E-state index is 0.663. The highest BCUT2D eigenvalue weighted by atomic mass is 32.2. The van der Waals surface area contributed by atoms with Gasteiger partial charge in [0.1, 0.15) is 10.7 Å². The summed E-state index contributed by atoms with van der Waals surface area (Å²) in [7, 11) is 0. The normalized spacial score (nSPS) is 11.2. The molecule has 0 fully saturated rings. The van der Waals surface area contributed by atoms with Crippen molar-refractivity contribution in [2.75, 3.05) is 11.5 Å². The number of rotatable bonds is 3. The number of thioether (sulfide) groups is 1. The Morgan fingerprint density at radius 1 is 1.33 bits per heavy atom. The van der Waals surface area contributed by atoms with E-state index in [-0.39, 0.29) is 0 Å². The Bertz CT molecular complexity index is 670. The van der Waals surface area contributed by atoms with Crippen LogP contribution in [-0.4, -0.2) is 25.6 Å². The molecule has 0 saturated heterocycles. The molecule has 2 aromatic heterocycles. The topological polar surface area (TPSA) is 72.0 Å². The summed E-state index contributed by atoms with van der Waals surface area (Å²) in [5.41, 5.74) is 8.37. The zero-order chi connectivity index (χ0) is 12.5. The van der Waals surface area contributed by atoms with Crippen molar-refractivity contribution in [1.29, 1.82) is 0 Å². The van der Waals surface area contributed by atoms with Crippen LogP contribution in [0.25, 0.3) is 17.0 Å². The lowest BCUT2D eigenvalue weighted by molar-refractivity contribution is 0.789. The molecule has 0 atom stereocenters. The van der Waals surface area contributed by atoms with Crippen LogP contribution in [0.1, 0.15) is 6.92 Å². The highest BCUT2D eigenvalue weighted by Gasteiger charge is 2.14. The third kappa shape index (κ3) is 1.74. The van der Waals surface area contributed by atoms with E-state index in [9.17, 15) is 0 Å². The number of nitrogens with two attached hydrogens (primary N) is 1. The molecule has 0 aliphatic rings. The molecule has 0 spiro atoms. The van der Waals surface area contributed by atoms with E-state index < -0.39 is 0 Å². The number of benzene rings is 1. The molecule has 5 nitrogen and oxygen atoms in total. The van der Waals surface area contributed by atoms with Gasteiger partial charge in [0.05, 0.1) is 0 Å². The zero-order valence-electron chi connectivity index (χ0n) is 9.92. The molecule has 2 heterocycles. The Kier molecular flexibility index (Phi) is 2.71. The molecule has 6 heteroatoms. The second kappa shape index (κ2) is 4.38. The summed E-state index contributed by atoms with van der Waals surface area (Å²) >= 11 is 1.65. The predicted molar refractivity (Wildman–Crippen MR) is 73.6 cm³/mol. The molecule has 0 radical (unpaired) electrons. The van der Waals surface area contributed by atoms with Gasteiger partial charge in [0.15, 0.2) is 11.5 Å². The predicted octanol–water partition coefficient (Wildman–Crippen LogP) is 2.42. The Morgan fingerprint density at radius 2 is 2.11 bits per heavy atom. The number of anilines is 1. The minimum atomic E-state index is 0.663. The summed E-state index contributed by atoms with van der Waals surface area (Å²) in [6, 6.07) is 9.86. The monoisotopic (exact) mass is 259 g/mol.